The molecule has 8 nitrogen and oxygen atoms in total. The average Bonchev–Trinajstić information content (AvgIpc) is 3.48. The number of hydrogen-bond acceptors (Lipinski definition) is 6. The van der Waals surface area contributed by atoms with Gasteiger partial charge in [0.2, 0.25) is 11.7 Å². The van der Waals surface area contributed by atoms with Crippen LogP contribution in [0.4, 0.5) is 0 Å². The second-order valence-corrected chi connectivity index (χ2v) is 9.61. The Balaban J connectivity index is 1.85. The van der Waals surface area contributed by atoms with Crippen molar-refractivity contribution in [3.63, 3.8) is 0 Å². The largest absolute Gasteiger partial charge is 0.493 e. The number of ether oxygens (including phenoxy) is 3. The monoisotopic (exact) mass is 540 g/mol. The second kappa shape index (κ2) is 12.7. The molecule has 1 aliphatic carbocycles. The van der Waals surface area contributed by atoms with Gasteiger partial charge in [0.1, 0.15) is 6.04 Å². The predicted molar refractivity (Wildman–Crippen MR) is 144 cm³/mol. The van der Waals surface area contributed by atoms with Gasteiger partial charge in [0.05, 0.1) is 27.6 Å². The molecule has 202 valence electrons. The van der Waals surface area contributed by atoms with E-state index >= 15 is 0 Å². The smallest absolute Gasteiger partial charge is 0.290 e. The second-order valence-electron chi connectivity index (χ2n) is 9.21. The zero-order valence-electron chi connectivity index (χ0n) is 21.9. The lowest BCUT2D eigenvalue weighted by atomic mass is 9.94. The van der Waals surface area contributed by atoms with Gasteiger partial charge in [-0.3, -0.25) is 9.59 Å². The number of furan rings is 1. The molecule has 2 aromatic carbocycles. The number of methoxy groups -OCH3 is 3. The van der Waals surface area contributed by atoms with Gasteiger partial charge in [-0.15, -0.1) is 0 Å². The molecule has 0 spiro atoms. The standard InChI is InChI=1S/C29H33ClN2O6/c1-35-24-16-20(17-25(36-2)27(24)37-3)26(28(33)31-21-11-5-4-6-12-21)32(29(34)23-14-9-15-38-23)18-19-10-7-8-13-22(19)30/h7-10,13-17,21,26H,4-6,11-12,18H2,1-3H3,(H,31,33)/t26-/m0/s1. The van der Waals surface area contributed by atoms with E-state index in [4.69, 9.17) is 30.2 Å². The summed E-state index contributed by atoms with van der Waals surface area (Å²) in [6.07, 6.45) is 6.47. The van der Waals surface area contributed by atoms with Gasteiger partial charge >= 0.3 is 0 Å². The van der Waals surface area contributed by atoms with Crippen LogP contribution in [-0.4, -0.2) is 44.1 Å². The fourth-order valence-corrected chi connectivity index (χ4v) is 5.09. The van der Waals surface area contributed by atoms with Crippen molar-refractivity contribution < 1.29 is 28.2 Å². The first-order valence-corrected chi connectivity index (χ1v) is 13.0. The summed E-state index contributed by atoms with van der Waals surface area (Å²) in [4.78, 5) is 29.4. The molecule has 9 heteroatoms. The molecule has 3 aromatic rings. The number of nitrogens with zero attached hydrogens (tertiary/aromatic N) is 1. The van der Waals surface area contributed by atoms with Crippen molar-refractivity contribution >= 4 is 23.4 Å². The van der Waals surface area contributed by atoms with Crippen LogP contribution >= 0.6 is 11.6 Å². The summed E-state index contributed by atoms with van der Waals surface area (Å²) in [7, 11) is 4.53. The number of carbonyl (C=O) groups is 2. The summed E-state index contributed by atoms with van der Waals surface area (Å²) in [5, 5.41) is 3.68. The Hall–Kier alpha value is -3.65. The first-order chi connectivity index (χ1) is 18.5. The van der Waals surface area contributed by atoms with Gasteiger partial charge in [-0.05, 0) is 54.3 Å². The minimum atomic E-state index is -1.04. The van der Waals surface area contributed by atoms with Gasteiger partial charge < -0.3 is 28.8 Å². The maximum atomic E-state index is 14.1. The van der Waals surface area contributed by atoms with Crippen LogP contribution in [0.3, 0.4) is 0 Å². The van der Waals surface area contributed by atoms with Crippen LogP contribution in [0, 0.1) is 0 Å². The molecular weight excluding hydrogens is 508 g/mol. The number of rotatable bonds is 10. The lowest BCUT2D eigenvalue weighted by Crippen LogP contribution is -2.46. The minimum Gasteiger partial charge on any atom is -0.493 e. The highest BCUT2D eigenvalue weighted by Gasteiger charge is 2.36. The van der Waals surface area contributed by atoms with E-state index in [9.17, 15) is 9.59 Å². The van der Waals surface area contributed by atoms with Crippen molar-refractivity contribution in [3.8, 4) is 17.2 Å². The molecule has 1 aliphatic rings. The Morgan fingerprint density at radius 2 is 1.68 bits per heavy atom. The Morgan fingerprint density at radius 3 is 2.26 bits per heavy atom. The molecule has 2 amide bonds. The van der Waals surface area contributed by atoms with Crippen LogP contribution in [0.1, 0.15) is 59.8 Å². The molecule has 0 saturated heterocycles. The summed E-state index contributed by atoms with van der Waals surface area (Å²) in [5.41, 5.74) is 1.19. The molecule has 1 aromatic heterocycles. The van der Waals surface area contributed by atoms with Crippen molar-refractivity contribution in [2.24, 2.45) is 0 Å². The summed E-state index contributed by atoms with van der Waals surface area (Å²) in [5.74, 6) is 0.492. The van der Waals surface area contributed by atoms with E-state index in [1.54, 1.807) is 30.3 Å². The Bertz CT molecular complexity index is 1210. The maximum absolute atomic E-state index is 14.1. The zero-order chi connectivity index (χ0) is 27.1. The normalized spacial score (nSPS) is 14.4. The Kier molecular flexibility index (Phi) is 9.18. The van der Waals surface area contributed by atoms with Crippen LogP contribution in [0.5, 0.6) is 17.2 Å². The molecule has 1 fully saturated rings. The van der Waals surface area contributed by atoms with E-state index in [1.807, 2.05) is 18.2 Å². The summed E-state index contributed by atoms with van der Waals surface area (Å²) >= 11 is 6.50. The fourth-order valence-electron chi connectivity index (χ4n) is 4.89. The third-order valence-electron chi connectivity index (χ3n) is 6.81. The van der Waals surface area contributed by atoms with E-state index in [2.05, 4.69) is 5.32 Å². The highest BCUT2D eigenvalue weighted by molar-refractivity contribution is 6.31. The first-order valence-electron chi connectivity index (χ1n) is 12.6. The van der Waals surface area contributed by atoms with Gasteiger partial charge in [0.15, 0.2) is 17.3 Å². The Morgan fingerprint density at radius 1 is 1.00 bits per heavy atom. The third-order valence-corrected chi connectivity index (χ3v) is 7.17. The zero-order valence-corrected chi connectivity index (χ0v) is 22.6. The van der Waals surface area contributed by atoms with Gasteiger partial charge in [-0.1, -0.05) is 49.1 Å². The van der Waals surface area contributed by atoms with Crippen molar-refractivity contribution in [3.05, 3.63) is 76.7 Å². The van der Waals surface area contributed by atoms with Gasteiger partial charge in [0.25, 0.3) is 5.91 Å². The van der Waals surface area contributed by atoms with Crippen molar-refractivity contribution in [1.29, 1.82) is 0 Å². The van der Waals surface area contributed by atoms with Crippen LogP contribution in [-0.2, 0) is 11.3 Å². The number of hydrogen-bond donors (Lipinski definition) is 1. The third kappa shape index (κ3) is 6.07. The van der Waals surface area contributed by atoms with Crippen LogP contribution in [0.15, 0.2) is 59.2 Å². The highest BCUT2D eigenvalue weighted by Crippen LogP contribution is 2.41. The van der Waals surface area contributed by atoms with Crippen molar-refractivity contribution in [1.82, 2.24) is 10.2 Å². The molecule has 1 heterocycles. The lowest BCUT2D eigenvalue weighted by Gasteiger charge is -2.33. The van der Waals surface area contributed by atoms with Crippen molar-refractivity contribution in [2.45, 2.75) is 50.7 Å². The van der Waals surface area contributed by atoms with Crippen LogP contribution in [0.25, 0.3) is 0 Å². The molecule has 1 atom stereocenters. The van der Waals surface area contributed by atoms with E-state index in [0.29, 0.717) is 33.4 Å². The number of carbonyl (C=O) groups excluding carboxylic acids is 2. The number of amides is 2. The summed E-state index contributed by atoms with van der Waals surface area (Å²) < 4.78 is 22.1. The molecule has 1 N–H and O–H groups in total. The number of halogens is 1. The van der Waals surface area contributed by atoms with Gasteiger partial charge in [-0.25, -0.2) is 0 Å². The SMILES string of the molecule is COc1cc([C@@H](C(=O)NC2CCCCC2)N(Cc2ccccc2Cl)C(=O)c2ccco2)cc(OC)c1OC. The van der Waals surface area contributed by atoms with Crippen LogP contribution < -0.4 is 19.5 Å². The maximum Gasteiger partial charge on any atom is 0.290 e. The number of benzene rings is 2. The van der Waals surface area contributed by atoms with E-state index in [1.165, 1.54) is 32.5 Å². The Labute approximate surface area is 227 Å². The molecule has 0 aliphatic heterocycles. The topological polar surface area (TPSA) is 90.2 Å². The summed E-state index contributed by atoms with van der Waals surface area (Å²) in [6, 6.07) is 12.8. The molecule has 4 rings (SSSR count). The molecule has 38 heavy (non-hydrogen) atoms. The molecule has 0 bridgehead atoms. The van der Waals surface area contributed by atoms with Crippen molar-refractivity contribution in [2.75, 3.05) is 21.3 Å². The van der Waals surface area contributed by atoms with Gasteiger partial charge in [0, 0.05) is 17.6 Å². The van der Waals surface area contributed by atoms with E-state index in [-0.39, 0.29) is 24.3 Å². The molecule has 1 saturated carbocycles. The molecule has 0 unspecified atom stereocenters. The minimum absolute atomic E-state index is 0.0293. The summed E-state index contributed by atoms with van der Waals surface area (Å²) in [6.45, 7) is 0.0681. The predicted octanol–water partition coefficient (Wildman–Crippen LogP) is 5.79. The molecule has 0 radical (unpaired) electrons. The number of nitrogens with one attached hydrogen (secondary N) is 1. The van der Waals surface area contributed by atoms with E-state index < -0.39 is 11.9 Å². The van der Waals surface area contributed by atoms with Gasteiger partial charge in [-0.2, -0.15) is 0 Å². The quantitative estimate of drug-likeness (QED) is 0.350. The average molecular weight is 541 g/mol. The molecular formula is C29H33ClN2O6. The highest BCUT2D eigenvalue weighted by atomic mass is 35.5. The van der Waals surface area contributed by atoms with E-state index in [0.717, 1.165) is 32.1 Å². The first kappa shape index (κ1) is 27.4. The van der Waals surface area contributed by atoms with Crippen LogP contribution in [0.2, 0.25) is 5.02 Å². The fraction of sp³-hybridized carbons (Fsp3) is 0.379. The lowest BCUT2D eigenvalue weighted by molar-refractivity contribution is -0.127.